The summed E-state index contributed by atoms with van der Waals surface area (Å²) in [4.78, 5) is 20.2. The molecule has 35 heavy (non-hydrogen) atoms. The third-order valence-electron chi connectivity index (χ3n) is 5.48. The van der Waals surface area contributed by atoms with Crippen molar-refractivity contribution in [3.05, 3.63) is 73.6 Å². The number of anilines is 1. The van der Waals surface area contributed by atoms with Gasteiger partial charge in [0.1, 0.15) is 29.3 Å². The molecular formula is C25H26N6O4. The zero-order chi connectivity index (χ0) is 24.8. The molecule has 1 unspecified atom stereocenters. The van der Waals surface area contributed by atoms with Gasteiger partial charge < -0.3 is 26.0 Å². The van der Waals surface area contributed by atoms with E-state index in [1.165, 1.54) is 11.0 Å². The average molecular weight is 475 g/mol. The van der Waals surface area contributed by atoms with E-state index in [1.807, 2.05) is 54.6 Å². The van der Waals surface area contributed by atoms with Gasteiger partial charge in [0.15, 0.2) is 5.65 Å². The molecule has 2 aromatic heterocycles. The van der Waals surface area contributed by atoms with Crippen LogP contribution in [0.15, 0.2) is 73.6 Å². The third kappa shape index (κ3) is 5.29. The number of fused-ring (bicyclic) bond motifs is 1. The maximum absolute atomic E-state index is 11.8. The molecular weight excluding hydrogens is 448 g/mol. The van der Waals surface area contributed by atoms with Crippen LogP contribution in [0.1, 0.15) is 12.5 Å². The Bertz CT molecular complexity index is 1310. The van der Waals surface area contributed by atoms with Crippen molar-refractivity contribution in [1.29, 1.82) is 0 Å². The molecule has 0 aliphatic carbocycles. The number of hydrogen-bond acceptors (Lipinski definition) is 8. The summed E-state index contributed by atoms with van der Waals surface area (Å²) in [5.41, 5.74) is 7.85. The number of aliphatic hydroxyl groups excluding tert-OH is 2. The second-order valence-corrected chi connectivity index (χ2v) is 7.79. The molecule has 0 saturated heterocycles. The lowest BCUT2D eigenvalue weighted by Crippen LogP contribution is -2.37. The molecule has 180 valence electrons. The first kappa shape index (κ1) is 23.9. The minimum Gasteiger partial charge on any atom is -0.457 e. The largest absolute Gasteiger partial charge is 0.457 e. The normalized spacial score (nSPS) is 12.7. The van der Waals surface area contributed by atoms with Crippen LogP contribution in [0.25, 0.3) is 22.3 Å². The molecule has 0 saturated carbocycles. The summed E-state index contributed by atoms with van der Waals surface area (Å²) in [6.45, 7) is 3.25. The molecule has 0 spiro atoms. The van der Waals surface area contributed by atoms with Gasteiger partial charge in [-0.2, -0.15) is 5.10 Å². The van der Waals surface area contributed by atoms with Crippen LogP contribution >= 0.6 is 0 Å². The number of nitrogens with two attached hydrogens (primary N) is 1. The fourth-order valence-corrected chi connectivity index (χ4v) is 3.72. The maximum atomic E-state index is 11.8. The average Bonchev–Trinajstić information content (AvgIpc) is 3.26. The Hall–Kier alpha value is -4.28. The van der Waals surface area contributed by atoms with Crippen molar-refractivity contribution in [2.24, 2.45) is 0 Å². The Morgan fingerprint density at radius 3 is 2.54 bits per heavy atom. The van der Waals surface area contributed by atoms with Gasteiger partial charge >= 0.3 is 0 Å². The molecule has 2 atom stereocenters. The number of benzene rings is 2. The van der Waals surface area contributed by atoms with Gasteiger partial charge in [-0.05, 0) is 48.9 Å². The number of carbonyl (C=O) groups excluding carboxylic acids is 1. The molecule has 10 heteroatoms. The Labute approximate surface area is 201 Å². The van der Waals surface area contributed by atoms with Gasteiger partial charge in [0.05, 0.1) is 17.5 Å². The van der Waals surface area contributed by atoms with Crippen molar-refractivity contribution in [2.75, 3.05) is 18.9 Å². The molecule has 4 rings (SSSR count). The van der Waals surface area contributed by atoms with Gasteiger partial charge in [-0.15, -0.1) is 0 Å². The van der Waals surface area contributed by atoms with Crippen LogP contribution in [0.4, 0.5) is 5.82 Å². The van der Waals surface area contributed by atoms with E-state index in [1.54, 1.807) is 0 Å². The Kier molecular flexibility index (Phi) is 7.34. The van der Waals surface area contributed by atoms with Crippen molar-refractivity contribution >= 4 is 22.8 Å². The molecule has 0 radical (unpaired) electrons. The number of amides is 1. The van der Waals surface area contributed by atoms with Crippen molar-refractivity contribution in [3.63, 3.8) is 0 Å². The topological polar surface area (TPSA) is 148 Å². The standard InChI is InChI=1S/C25H26N6O4/c1-2-21(34)27-14-19(20(33)12-13-32)31-25-22(24(26)28-15-29-25)23(30-31)16-8-10-18(11-9-16)35-17-6-4-3-5-7-17/h2-11,15,19-20,32-33H,1,12-14H2,(H,27,34)(H2,26,28,29)/t19-,20?/m0/s1. The number of rotatable bonds is 10. The van der Waals surface area contributed by atoms with Gasteiger partial charge in [0.25, 0.3) is 0 Å². The summed E-state index contributed by atoms with van der Waals surface area (Å²) in [6, 6.07) is 16.0. The van der Waals surface area contributed by atoms with Crippen molar-refractivity contribution in [3.8, 4) is 22.8 Å². The summed E-state index contributed by atoms with van der Waals surface area (Å²) in [6.07, 6.45) is 1.52. The first-order chi connectivity index (χ1) is 17.0. The van der Waals surface area contributed by atoms with E-state index in [0.29, 0.717) is 22.5 Å². The van der Waals surface area contributed by atoms with E-state index in [2.05, 4.69) is 21.9 Å². The number of nitrogens with zero attached hydrogens (tertiary/aromatic N) is 4. The van der Waals surface area contributed by atoms with E-state index < -0.39 is 18.1 Å². The second kappa shape index (κ2) is 10.8. The monoisotopic (exact) mass is 474 g/mol. The summed E-state index contributed by atoms with van der Waals surface area (Å²) >= 11 is 0. The van der Waals surface area contributed by atoms with Crippen LogP contribution in [0.5, 0.6) is 11.5 Å². The number of ether oxygens (including phenoxy) is 1. The van der Waals surface area contributed by atoms with Gasteiger partial charge in [0.2, 0.25) is 5.91 Å². The van der Waals surface area contributed by atoms with Gasteiger partial charge in [0, 0.05) is 18.7 Å². The fourth-order valence-electron chi connectivity index (χ4n) is 3.72. The third-order valence-corrected chi connectivity index (χ3v) is 5.48. The minimum atomic E-state index is -1.01. The molecule has 2 heterocycles. The molecule has 0 bridgehead atoms. The summed E-state index contributed by atoms with van der Waals surface area (Å²) in [5.74, 6) is 1.20. The Morgan fingerprint density at radius 1 is 1.14 bits per heavy atom. The van der Waals surface area contributed by atoms with Gasteiger partial charge in [-0.3, -0.25) is 4.79 Å². The number of para-hydroxylation sites is 1. The lowest BCUT2D eigenvalue weighted by atomic mass is 10.1. The fraction of sp³-hybridized carbons (Fsp3) is 0.200. The highest BCUT2D eigenvalue weighted by Gasteiger charge is 2.27. The number of aromatic nitrogens is 4. The lowest BCUT2D eigenvalue weighted by Gasteiger charge is -2.23. The van der Waals surface area contributed by atoms with Crippen LogP contribution in [0.2, 0.25) is 0 Å². The van der Waals surface area contributed by atoms with E-state index in [4.69, 9.17) is 15.6 Å². The van der Waals surface area contributed by atoms with Crippen LogP contribution in [0.3, 0.4) is 0 Å². The summed E-state index contributed by atoms with van der Waals surface area (Å²) in [7, 11) is 0. The van der Waals surface area contributed by atoms with Crippen molar-refractivity contribution in [1.82, 2.24) is 25.1 Å². The molecule has 1 amide bonds. The molecule has 0 aliphatic heterocycles. The van der Waals surface area contributed by atoms with Gasteiger partial charge in [-0.25, -0.2) is 14.6 Å². The number of carbonyl (C=O) groups is 1. The summed E-state index contributed by atoms with van der Waals surface area (Å²) < 4.78 is 7.38. The second-order valence-electron chi connectivity index (χ2n) is 7.79. The lowest BCUT2D eigenvalue weighted by molar-refractivity contribution is -0.116. The molecule has 2 aromatic carbocycles. The molecule has 0 aliphatic rings. The van der Waals surface area contributed by atoms with E-state index in [9.17, 15) is 15.0 Å². The zero-order valence-corrected chi connectivity index (χ0v) is 18.9. The highest BCUT2D eigenvalue weighted by atomic mass is 16.5. The maximum Gasteiger partial charge on any atom is 0.243 e. The molecule has 5 N–H and O–H groups in total. The predicted octanol–water partition coefficient (Wildman–Crippen LogP) is 2.45. The number of hydrogen-bond donors (Lipinski definition) is 4. The molecule has 0 fully saturated rings. The van der Waals surface area contributed by atoms with E-state index >= 15 is 0 Å². The highest BCUT2D eigenvalue weighted by Crippen LogP contribution is 2.33. The number of aliphatic hydroxyl groups is 2. The van der Waals surface area contributed by atoms with Crippen molar-refractivity contribution in [2.45, 2.75) is 18.6 Å². The Balaban J connectivity index is 1.73. The van der Waals surface area contributed by atoms with Crippen LogP contribution in [0, 0.1) is 0 Å². The number of nitrogens with one attached hydrogen (secondary N) is 1. The highest BCUT2D eigenvalue weighted by molar-refractivity contribution is 5.98. The predicted molar refractivity (Wildman–Crippen MR) is 132 cm³/mol. The molecule has 10 nitrogen and oxygen atoms in total. The number of nitrogen functional groups attached to an aromatic ring is 1. The van der Waals surface area contributed by atoms with Crippen molar-refractivity contribution < 1.29 is 19.7 Å². The first-order valence-corrected chi connectivity index (χ1v) is 11.0. The van der Waals surface area contributed by atoms with E-state index in [-0.39, 0.29) is 25.4 Å². The summed E-state index contributed by atoms with van der Waals surface area (Å²) in [5, 5.41) is 28.0. The van der Waals surface area contributed by atoms with Crippen LogP contribution < -0.4 is 15.8 Å². The SMILES string of the molecule is C=CC(=O)NC[C@@H](C(O)CCO)n1nc(-c2ccc(Oc3ccccc3)cc2)c2c(N)ncnc21. The van der Waals surface area contributed by atoms with Gasteiger partial charge in [-0.1, -0.05) is 24.8 Å². The van der Waals surface area contributed by atoms with Crippen LogP contribution in [-0.4, -0.2) is 55.1 Å². The first-order valence-electron chi connectivity index (χ1n) is 11.0. The smallest absolute Gasteiger partial charge is 0.243 e. The van der Waals surface area contributed by atoms with Crippen LogP contribution in [-0.2, 0) is 4.79 Å². The zero-order valence-electron chi connectivity index (χ0n) is 18.9. The minimum absolute atomic E-state index is 0.0377. The van der Waals surface area contributed by atoms with E-state index in [0.717, 1.165) is 17.4 Å². The Morgan fingerprint density at radius 2 is 1.86 bits per heavy atom. The quantitative estimate of drug-likeness (QED) is 0.256. The molecule has 4 aromatic rings.